The summed E-state index contributed by atoms with van der Waals surface area (Å²) in [6.07, 6.45) is -13.0. The molecule has 0 unspecified atom stereocenters. The highest BCUT2D eigenvalue weighted by molar-refractivity contribution is 5.82. The molecular formula is C8H9F6NO2. The molecule has 2 atom stereocenters. The normalized spacial score (nSPS) is 23.9. The largest absolute Gasteiger partial charge is 0.471 e. The summed E-state index contributed by atoms with van der Waals surface area (Å²) in [7, 11) is 0. The van der Waals surface area contributed by atoms with E-state index in [2.05, 4.69) is 0 Å². The summed E-state index contributed by atoms with van der Waals surface area (Å²) in [6, 6.07) is 0. The van der Waals surface area contributed by atoms with E-state index in [1.165, 1.54) is 0 Å². The molecule has 1 aliphatic heterocycles. The molecule has 1 heterocycles. The van der Waals surface area contributed by atoms with Crippen LogP contribution in [0.1, 0.15) is 6.42 Å². The van der Waals surface area contributed by atoms with E-state index in [0.29, 0.717) is 0 Å². The first kappa shape index (κ1) is 14.1. The van der Waals surface area contributed by atoms with Crippen molar-refractivity contribution in [1.82, 2.24) is 4.90 Å². The van der Waals surface area contributed by atoms with Crippen molar-refractivity contribution in [3.05, 3.63) is 0 Å². The van der Waals surface area contributed by atoms with E-state index in [1.807, 2.05) is 0 Å². The summed E-state index contributed by atoms with van der Waals surface area (Å²) in [4.78, 5) is 11.0. The lowest BCUT2D eigenvalue weighted by molar-refractivity contribution is -0.218. The van der Waals surface area contributed by atoms with Crippen molar-refractivity contribution < 1.29 is 36.2 Å². The lowest BCUT2D eigenvalue weighted by Crippen LogP contribution is -2.42. The number of likely N-dealkylation sites (tertiary alicyclic amines) is 1. The molecule has 0 aliphatic carbocycles. The van der Waals surface area contributed by atoms with Gasteiger partial charge in [-0.25, -0.2) is 0 Å². The van der Waals surface area contributed by atoms with Crippen LogP contribution in [-0.2, 0) is 4.79 Å². The molecule has 0 saturated carbocycles. The van der Waals surface area contributed by atoms with Crippen LogP contribution >= 0.6 is 0 Å². The first-order valence-electron chi connectivity index (χ1n) is 4.64. The summed E-state index contributed by atoms with van der Waals surface area (Å²) in [6.45, 7) is -1.17. The first-order valence-corrected chi connectivity index (χ1v) is 4.64. The van der Waals surface area contributed by atoms with E-state index < -0.39 is 43.4 Å². The molecule has 100 valence electrons. The number of hydrogen-bond donors (Lipinski definition) is 1. The van der Waals surface area contributed by atoms with Crippen molar-refractivity contribution in [2.24, 2.45) is 5.92 Å². The van der Waals surface area contributed by atoms with Gasteiger partial charge in [0.1, 0.15) is 0 Å². The Morgan fingerprint density at radius 3 is 2.18 bits per heavy atom. The van der Waals surface area contributed by atoms with Crippen molar-refractivity contribution in [3.8, 4) is 0 Å². The number of halogens is 6. The van der Waals surface area contributed by atoms with Crippen LogP contribution in [0.2, 0.25) is 0 Å². The lowest BCUT2D eigenvalue weighted by atomic mass is 10.0. The molecule has 1 saturated heterocycles. The Morgan fingerprint density at radius 1 is 1.24 bits per heavy atom. The van der Waals surface area contributed by atoms with Gasteiger partial charge in [0.25, 0.3) is 0 Å². The maximum atomic E-state index is 12.1. The number of alkyl halides is 6. The zero-order chi connectivity index (χ0) is 13.4. The second-order valence-corrected chi connectivity index (χ2v) is 3.78. The minimum absolute atomic E-state index is 0.277. The van der Waals surface area contributed by atoms with Crippen molar-refractivity contribution in [1.29, 1.82) is 0 Å². The molecule has 1 aliphatic rings. The SMILES string of the molecule is O=C(N1CC[C@@H]([C@H](O)C(F)(F)F)C1)C(F)(F)F. The highest BCUT2D eigenvalue weighted by Crippen LogP contribution is 2.32. The van der Waals surface area contributed by atoms with E-state index in [1.54, 1.807) is 0 Å². The molecule has 1 fully saturated rings. The maximum Gasteiger partial charge on any atom is 0.471 e. The van der Waals surface area contributed by atoms with Gasteiger partial charge in [-0.15, -0.1) is 0 Å². The third kappa shape index (κ3) is 3.24. The van der Waals surface area contributed by atoms with Gasteiger partial charge in [0.15, 0.2) is 6.10 Å². The number of carbonyl (C=O) groups is 1. The number of rotatable bonds is 1. The molecular weight excluding hydrogens is 256 g/mol. The fourth-order valence-corrected chi connectivity index (χ4v) is 1.68. The van der Waals surface area contributed by atoms with Crippen LogP contribution in [0, 0.1) is 5.92 Å². The highest BCUT2D eigenvalue weighted by atomic mass is 19.4. The van der Waals surface area contributed by atoms with Gasteiger partial charge in [-0.3, -0.25) is 4.79 Å². The van der Waals surface area contributed by atoms with Crippen molar-refractivity contribution >= 4 is 5.91 Å². The smallest absolute Gasteiger partial charge is 0.383 e. The standard InChI is InChI=1S/C8H9F6NO2/c9-7(10,11)5(16)4-1-2-15(3-4)6(17)8(12,13)14/h4-5,16H,1-3H2/t4-,5+/m1/s1. The summed E-state index contributed by atoms with van der Waals surface area (Å²) in [5, 5.41) is 8.84. The van der Waals surface area contributed by atoms with Gasteiger partial charge in [-0.05, 0) is 6.42 Å². The third-order valence-electron chi connectivity index (χ3n) is 2.54. The molecule has 1 rings (SSSR count). The Bertz CT molecular complexity index is 299. The van der Waals surface area contributed by atoms with Gasteiger partial charge in [0, 0.05) is 19.0 Å². The van der Waals surface area contributed by atoms with Crippen LogP contribution < -0.4 is 0 Å². The Hall–Kier alpha value is -0.990. The Morgan fingerprint density at radius 2 is 1.76 bits per heavy atom. The van der Waals surface area contributed by atoms with E-state index in [4.69, 9.17) is 5.11 Å². The van der Waals surface area contributed by atoms with Crippen LogP contribution in [-0.4, -0.2) is 47.5 Å². The molecule has 3 nitrogen and oxygen atoms in total. The molecule has 0 aromatic carbocycles. The van der Waals surface area contributed by atoms with E-state index in [0.717, 1.165) is 0 Å². The van der Waals surface area contributed by atoms with Gasteiger partial charge >= 0.3 is 18.3 Å². The van der Waals surface area contributed by atoms with Crippen LogP contribution in [0.3, 0.4) is 0 Å². The molecule has 0 bridgehead atoms. The quantitative estimate of drug-likeness (QED) is 0.726. The fourth-order valence-electron chi connectivity index (χ4n) is 1.68. The Balaban J connectivity index is 2.63. The predicted molar refractivity (Wildman–Crippen MR) is 42.8 cm³/mol. The Labute approximate surface area is 92.0 Å². The summed E-state index contributed by atoms with van der Waals surface area (Å²) < 4.78 is 72.2. The van der Waals surface area contributed by atoms with E-state index >= 15 is 0 Å². The minimum atomic E-state index is -5.10. The maximum absolute atomic E-state index is 12.1. The van der Waals surface area contributed by atoms with E-state index in [9.17, 15) is 31.1 Å². The van der Waals surface area contributed by atoms with Crippen LogP contribution in [0.25, 0.3) is 0 Å². The number of hydrogen-bond acceptors (Lipinski definition) is 2. The van der Waals surface area contributed by atoms with Gasteiger partial charge < -0.3 is 10.0 Å². The molecule has 0 aromatic heterocycles. The van der Waals surface area contributed by atoms with Crippen molar-refractivity contribution in [2.75, 3.05) is 13.1 Å². The van der Waals surface area contributed by atoms with E-state index in [-0.39, 0.29) is 11.3 Å². The minimum Gasteiger partial charge on any atom is -0.383 e. The second-order valence-electron chi connectivity index (χ2n) is 3.78. The first-order chi connectivity index (χ1) is 7.53. The molecule has 1 N–H and O–H groups in total. The average molecular weight is 265 g/mol. The summed E-state index contributed by atoms with van der Waals surface area (Å²) >= 11 is 0. The fraction of sp³-hybridized carbons (Fsp3) is 0.875. The zero-order valence-corrected chi connectivity index (χ0v) is 8.35. The molecule has 0 radical (unpaired) electrons. The molecule has 0 aromatic rings. The highest BCUT2D eigenvalue weighted by Gasteiger charge is 2.49. The number of carbonyl (C=O) groups excluding carboxylic acids is 1. The van der Waals surface area contributed by atoms with Crippen molar-refractivity contribution in [3.63, 3.8) is 0 Å². The summed E-state index contributed by atoms with van der Waals surface area (Å²) in [5.74, 6) is -3.57. The van der Waals surface area contributed by atoms with Crippen LogP contribution in [0.4, 0.5) is 26.3 Å². The van der Waals surface area contributed by atoms with Gasteiger partial charge in [0.2, 0.25) is 0 Å². The predicted octanol–water partition coefficient (Wildman–Crippen LogP) is 1.32. The third-order valence-corrected chi connectivity index (χ3v) is 2.54. The van der Waals surface area contributed by atoms with Gasteiger partial charge in [-0.2, -0.15) is 26.3 Å². The molecule has 9 heteroatoms. The van der Waals surface area contributed by atoms with Crippen LogP contribution in [0.15, 0.2) is 0 Å². The molecule has 0 spiro atoms. The zero-order valence-electron chi connectivity index (χ0n) is 8.35. The number of aliphatic hydroxyl groups excluding tert-OH is 1. The number of nitrogens with zero attached hydrogens (tertiary/aromatic N) is 1. The second kappa shape index (κ2) is 4.35. The van der Waals surface area contributed by atoms with Gasteiger partial charge in [-0.1, -0.05) is 0 Å². The van der Waals surface area contributed by atoms with Crippen LogP contribution in [0.5, 0.6) is 0 Å². The van der Waals surface area contributed by atoms with Gasteiger partial charge in [0.05, 0.1) is 0 Å². The lowest BCUT2D eigenvalue weighted by Gasteiger charge is -2.22. The monoisotopic (exact) mass is 265 g/mol. The molecule has 1 amide bonds. The van der Waals surface area contributed by atoms with Crippen molar-refractivity contribution in [2.45, 2.75) is 24.9 Å². The Kier molecular flexibility index (Phi) is 3.60. The number of aliphatic hydroxyl groups is 1. The average Bonchev–Trinajstić information content (AvgIpc) is 2.60. The summed E-state index contributed by atoms with van der Waals surface area (Å²) in [5.41, 5.74) is 0. The molecule has 17 heavy (non-hydrogen) atoms. The number of amides is 1. The topological polar surface area (TPSA) is 40.5 Å².